The number of rotatable bonds is 5. The quantitative estimate of drug-likeness (QED) is 0.758. The first-order valence-corrected chi connectivity index (χ1v) is 4.85. The predicted molar refractivity (Wildman–Crippen MR) is 56.7 cm³/mol. The van der Waals surface area contributed by atoms with Crippen molar-refractivity contribution in [3.8, 4) is 5.75 Å². The Morgan fingerprint density at radius 2 is 2.25 bits per heavy atom. The van der Waals surface area contributed by atoms with Crippen LogP contribution in [0.15, 0.2) is 18.2 Å². The number of carbonyl (C=O) groups is 1. The fourth-order valence-corrected chi connectivity index (χ4v) is 1.17. The number of ether oxygens (including phenoxy) is 2. The summed E-state index contributed by atoms with van der Waals surface area (Å²) in [5, 5.41) is 0. The number of hydrogen-bond acceptors (Lipinski definition) is 4. The highest BCUT2D eigenvalue weighted by molar-refractivity contribution is 5.72. The van der Waals surface area contributed by atoms with Gasteiger partial charge in [0.2, 0.25) is 0 Å². The molecule has 0 bridgehead atoms. The van der Waals surface area contributed by atoms with Crippen LogP contribution < -0.4 is 10.5 Å². The second-order valence-corrected chi connectivity index (χ2v) is 3.14. The molecule has 0 fully saturated rings. The Morgan fingerprint density at radius 1 is 1.50 bits per heavy atom. The van der Waals surface area contributed by atoms with Gasteiger partial charge in [0.05, 0.1) is 13.5 Å². The summed E-state index contributed by atoms with van der Waals surface area (Å²) in [5.74, 6) is -0.564. The number of nitrogens with two attached hydrogens (primary N) is 1. The molecule has 88 valence electrons. The van der Waals surface area contributed by atoms with E-state index in [0.717, 1.165) is 0 Å². The van der Waals surface area contributed by atoms with Crippen LogP contribution >= 0.6 is 0 Å². The zero-order valence-electron chi connectivity index (χ0n) is 9.03. The van der Waals surface area contributed by atoms with E-state index >= 15 is 0 Å². The van der Waals surface area contributed by atoms with Crippen molar-refractivity contribution in [3.05, 3.63) is 29.6 Å². The van der Waals surface area contributed by atoms with Crippen molar-refractivity contribution in [1.29, 1.82) is 0 Å². The molecule has 4 nitrogen and oxygen atoms in total. The minimum Gasteiger partial charge on any atom is -0.492 e. The predicted octanol–water partition coefficient (Wildman–Crippen LogP) is 0.879. The molecule has 0 aliphatic heterocycles. The molecular weight excluding hydrogens is 213 g/mol. The van der Waals surface area contributed by atoms with Crippen molar-refractivity contribution in [1.82, 2.24) is 0 Å². The first-order chi connectivity index (χ1) is 7.67. The van der Waals surface area contributed by atoms with E-state index in [4.69, 9.17) is 10.5 Å². The zero-order chi connectivity index (χ0) is 12.0. The highest BCUT2D eigenvalue weighted by atomic mass is 19.1. The first kappa shape index (κ1) is 12.4. The summed E-state index contributed by atoms with van der Waals surface area (Å²) in [6.07, 6.45) is -0.0838. The Hall–Kier alpha value is -1.62. The van der Waals surface area contributed by atoms with Gasteiger partial charge in [-0.3, -0.25) is 4.79 Å². The summed E-state index contributed by atoms with van der Waals surface area (Å²) in [6.45, 7) is 0.696. The lowest BCUT2D eigenvalue weighted by molar-refractivity contribution is -0.139. The van der Waals surface area contributed by atoms with E-state index in [-0.39, 0.29) is 12.0 Å². The van der Waals surface area contributed by atoms with Crippen LogP contribution in [-0.4, -0.2) is 26.2 Å². The largest absolute Gasteiger partial charge is 0.492 e. The molecule has 1 aromatic carbocycles. The van der Waals surface area contributed by atoms with E-state index in [0.29, 0.717) is 18.9 Å². The average Bonchev–Trinajstić information content (AvgIpc) is 2.29. The smallest absolute Gasteiger partial charge is 0.310 e. The Morgan fingerprint density at radius 3 is 2.81 bits per heavy atom. The van der Waals surface area contributed by atoms with Crippen LogP contribution in [0, 0.1) is 5.82 Å². The summed E-state index contributed by atoms with van der Waals surface area (Å²) < 4.78 is 23.0. The van der Waals surface area contributed by atoms with E-state index in [1.807, 2.05) is 0 Å². The normalized spacial score (nSPS) is 9.94. The number of carbonyl (C=O) groups excluding carboxylic acids is 1. The molecule has 0 heterocycles. The van der Waals surface area contributed by atoms with Crippen LogP contribution in [0.2, 0.25) is 0 Å². The number of benzene rings is 1. The molecule has 1 aromatic rings. The van der Waals surface area contributed by atoms with E-state index in [9.17, 15) is 9.18 Å². The third-order valence-electron chi connectivity index (χ3n) is 1.97. The summed E-state index contributed by atoms with van der Waals surface area (Å²) in [4.78, 5) is 11.0. The van der Waals surface area contributed by atoms with E-state index in [1.54, 1.807) is 6.07 Å². The van der Waals surface area contributed by atoms with Crippen LogP contribution in [-0.2, 0) is 16.0 Å². The third-order valence-corrected chi connectivity index (χ3v) is 1.97. The SMILES string of the molecule is COC(=O)Cc1ccc(OCCN)cc1F. The topological polar surface area (TPSA) is 61.5 Å². The highest BCUT2D eigenvalue weighted by Gasteiger charge is 2.09. The summed E-state index contributed by atoms with van der Waals surface area (Å²) in [7, 11) is 1.26. The molecule has 0 aromatic heterocycles. The van der Waals surface area contributed by atoms with E-state index in [1.165, 1.54) is 19.2 Å². The van der Waals surface area contributed by atoms with Gasteiger partial charge in [-0.05, 0) is 11.6 Å². The van der Waals surface area contributed by atoms with E-state index in [2.05, 4.69) is 4.74 Å². The number of halogens is 1. The Kier molecular flexibility index (Phi) is 4.72. The van der Waals surface area contributed by atoms with Crippen molar-refractivity contribution >= 4 is 5.97 Å². The van der Waals surface area contributed by atoms with Gasteiger partial charge >= 0.3 is 5.97 Å². The Bertz CT molecular complexity index is 368. The summed E-state index contributed by atoms with van der Waals surface area (Å²) >= 11 is 0. The second kappa shape index (κ2) is 6.07. The number of hydrogen-bond donors (Lipinski definition) is 1. The zero-order valence-corrected chi connectivity index (χ0v) is 9.03. The van der Waals surface area contributed by atoms with Gasteiger partial charge in [0.15, 0.2) is 0 Å². The highest BCUT2D eigenvalue weighted by Crippen LogP contribution is 2.17. The van der Waals surface area contributed by atoms with Crippen molar-refractivity contribution in [2.75, 3.05) is 20.3 Å². The van der Waals surface area contributed by atoms with Gasteiger partial charge in [-0.1, -0.05) is 6.07 Å². The molecule has 0 amide bonds. The van der Waals surface area contributed by atoms with Gasteiger partial charge in [0.25, 0.3) is 0 Å². The maximum absolute atomic E-state index is 13.5. The van der Waals surface area contributed by atoms with Crippen LogP contribution in [0.25, 0.3) is 0 Å². The Labute approximate surface area is 93.2 Å². The van der Waals surface area contributed by atoms with Gasteiger partial charge in [0, 0.05) is 12.6 Å². The van der Waals surface area contributed by atoms with Gasteiger partial charge in [-0.15, -0.1) is 0 Å². The third kappa shape index (κ3) is 3.51. The van der Waals surface area contributed by atoms with Gasteiger partial charge in [-0.25, -0.2) is 4.39 Å². The van der Waals surface area contributed by atoms with Crippen LogP contribution in [0.5, 0.6) is 5.75 Å². The second-order valence-electron chi connectivity index (χ2n) is 3.14. The molecule has 0 saturated carbocycles. The van der Waals surface area contributed by atoms with Crippen molar-refractivity contribution in [2.45, 2.75) is 6.42 Å². The van der Waals surface area contributed by atoms with Crippen LogP contribution in [0.3, 0.4) is 0 Å². The molecule has 0 atom stereocenters. The lowest BCUT2D eigenvalue weighted by Crippen LogP contribution is -2.11. The molecule has 0 spiro atoms. The first-order valence-electron chi connectivity index (χ1n) is 4.85. The summed E-state index contributed by atoms with van der Waals surface area (Å²) in [5.41, 5.74) is 5.53. The van der Waals surface area contributed by atoms with Crippen LogP contribution in [0.4, 0.5) is 4.39 Å². The standard InChI is InChI=1S/C11H14FNO3/c1-15-11(14)6-8-2-3-9(7-10(8)12)16-5-4-13/h2-3,7H,4-6,13H2,1H3. The molecule has 0 saturated heterocycles. The minimum atomic E-state index is -0.486. The van der Waals surface area contributed by atoms with Crippen LogP contribution in [0.1, 0.15) is 5.56 Å². The van der Waals surface area contributed by atoms with E-state index < -0.39 is 11.8 Å². The average molecular weight is 227 g/mol. The molecule has 0 unspecified atom stereocenters. The molecule has 1 rings (SSSR count). The number of methoxy groups -OCH3 is 1. The molecule has 0 aliphatic carbocycles. The van der Waals surface area contributed by atoms with Crippen molar-refractivity contribution in [2.24, 2.45) is 5.73 Å². The maximum atomic E-state index is 13.5. The molecule has 0 radical (unpaired) electrons. The van der Waals surface area contributed by atoms with Gasteiger partial charge < -0.3 is 15.2 Å². The molecule has 0 aliphatic rings. The Balaban J connectivity index is 2.71. The molecule has 16 heavy (non-hydrogen) atoms. The lowest BCUT2D eigenvalue weighted by Gasteiger charge is -2.06. The fourth-order valence-electron chi connectivity index (χ4n) is 1.17. The fraction of sp³-hybridized carbons (Fsp3) is 0.364. The number of esters is 1. The van der Waals surface area contributed by atoms with Gasteiger partial charge in [-0.2, -0.15) is 0 Å². The minimum absolute atomic E-state index is 0.0838. The molecule has 5 heteroatoms. The van der Waals surface area contributed by atoms with Crippen molar-refractivity contribution in [3.63, 3.8) is 0 Å². The molecular formula is C11H14FNO3. The summed E-state index contributed by atoms with van der Waals surface area (Å²) in [6, 6.07) is 4.32. The van der Waals surface area contributed by atoms with Gasteiger partial charge in [0.1, 0.15) is 18.2 Å². The molecule has 2 N–H and O–H groups in total. The maximum Gasteiger partial charge on any atom is 0.310 e. The monoisotopic (exact) mass is 227 g/mol. The van der Waals surface area contributed by atoms with Crippen molar-refractivity contribution < 1.29 is 18.7 Å². The lowest BCUT2D eigenvalue weighted by atomic mass is 10.1.